The highest BCUT2D eigenvalue weighted by molar-refractivity contribution is 7.99. The molecular weight excluding hydrogens is 398 g/mol. The Morgan fingerprint density at radius 3 is 2.73 bits per heavy atom. The third-order valence-corrected chi connectivity index (χ3v) is 6.51. The molecule has 30 heavy (non-hydrogen) atoms. The summed E-state index contributed by atoms with van der Waals surface area (Å²) in [5.41, 5.74) is 2.87. The topological polar surface area (TPSA) is 72.5 Å². The summed E-state index contributed by atoms with van der Waals surface area (Å²) in [5.74, 6) is 0.789. The van der Waals surface area contributed by atoms with Gasteiger partial charge in [0, 0.05) is 18.3 Å². The minimum absolute atomic E-state index is 0.0438. The lowest BCUT2D eigenvalue weighted by Crippen LogP contribution is -2.37. The summed E-state index contributed by atoms with van der Waals surface area (Å²) in [7, 11) is 0. The first kappa shape index (κ1) is 18.9. The highest BCUT2D eigenvalue weighted by atomic mass is 32.2. The fourth-order valence-electron chi connectivity index (χ4n) is 4.25. The number of carbonyl (C=O) groups excluding carboxylic acids is 1. The average molecular weight is 420 g/mol. The van der Waals surface area contributed by atoms with Crippen LogP contribution < -0.4 is 10.5 Å². The average Bonchev–Trinajstić information content (AvgIpc) is 3.33. The number of aromatic nitrogens is 4. The van der Waals surface area contributed by atoms with E-state index in [2.05, 4.69) is 23.2 Å². The Morgan fingerprint density at radius 2 is 1.90 bits per heavy atom. The van der Waals surface area contributed by atoms with Crippen LogP contribution >= 0.6 is 11.8 Å². The predicted molar refractivity (Wildman–Crippen MR) is 118 cm³/mol. The molecule has 2 aromatic carbocycles. The van der Waals surface area contributed by atoms with Crippen LogP contribution in [0.1, 0.15) is 19.4 Å². The van der Waals surface area contributed by atoms with Gasteiger partial charge >= 0.3 is 0 Å². The third-order valence-electron chi connectivity index (χ3n) is 5.60. The van der Waals surface area contributed by atoms with Gasteiger partial charge in [0.1, 0.15) is 0 Å². The molecule has 0 aliphatic carbocycles. The molecule has 0 spiro atoms. The number of hydrogen-bond acceptors (Lipinski definition) is 5. The van der Waals surface area contributed by atoms with Crippen molar-refractivity contribution in [3.63, 3.8) is 0 Å². The van der Waals surface area contributed by atoms with Crippen LogP contribution in [0.4, 0.5) is 5.69 Å². The van der Waals surface area contributed by atoms with Gasteiger partial charge in [-0.1, -0.05) is 42.1 Å². The van der Waals surface area contributed by atoms with Gasteiger partial charge in [-0.05, 0) is 44.0 Å². The van der Waals surface area contributed by atoms with Crippen molar-refractivity contribution >= 4 is 40.0 Å². The molecule has 7 nitrogen and oxygen atoms in total. The molecule has 1 aliphatic rings. The van der Waals surface area contributed by atoms with Crippen molar-refractivity contribution in [3.8, 4) is 0 Å². The van der Waals surface area contributed by atoms with Crippen LogP contribution in [-0.4, -0.2) is 36.9 Å². The normalized spacial score (nSPS) is 15.8. The quantitative estimate of drug-likeness (QED) is 0.475. The molecule has 1 atom stereocenters. The molecule has 0 N–H and O–H groups in total. The number of thioether (sulfide) groups is 1. The first-order valence-corrected chi connectivity index (χ1v) is 11.0. The van der Waals surface area contributed by atoms with Crippen molar-refractivity contribution in [2.24, 2.45) is 0 Å². The molecule has 0 bridgehead atoms. The Balaban J connectivity index is 1.51. The van der Waals surface area contributed by atoms with Gasteiger partial charge in [0.15, 0.2) is 5.16 Å². The maximum absolute atomic E-state index is 13.1. The fraction of sp³-hybridized carbons (Fsp3) is 0.273. The van der Waals surface area contributed by atoms with Crippen molar-refractivity contribution in [1.29, 1.82) is 0 Å². The van der Waals surface area contributed by atoms with Crippen LogP contribution in [0.15, 0.2) is 58.5 Å². The number of amides is 1. The number of benzene rings is 2. The lowest BCUT2D eigenvalue weighted by molar-refractivity contribution is -0.116. The van der Waals surface area contributed by atoms with E-state index in [1.54, 1.807) is 4.57 Å². The van der Waals surface area contributed by atoms with Crippen LogP contribution in [0.5, 0.6) is 0 Å². The second kappa shape index (κ2) is 7.28. The molecule has 1 amide bonds. The van der Waals surface area contributed by atoms with E-state index >= 15 is 0 Å². The van der Waals surface area contributed by atoms with E-state index in [1.807, 2.05) is 58.7 Å². The molecule has 0 saturated carbocycles. The zero-order valence-electron chi connectivity index (χ0n) is 16.8. The standard InChI is InChI=1S/C22H21N5O2S/c1-3-25-20(29)16-9-5-7-11-18(16)27-21(25)23-24-22(27)30-13-19(28)26-14(2)12-15-8-4-6-10-17(15)26/h4-11,14H,3,12-13H2,1-2H3/t14-/m0/s1. The lowest BCUT2D eigenvalue weighted by atomic mass is 10.1. The number of carbonyl (C=O) groups is 1. The molecule has 0 saturated heterocycles. The SMILES string of the molecule is CCn1c(=O)c2ccccc2n2c(SCC(=O)N3c4ccccc4C[C@@H]3C)nnc12. The molecule has 0 radical (unpaired) electrons. The van der Waals surface area contributed by atoms with Crippen LogP contribution in [-0.2, 0) is 17.8 Å². The fourth-order valence-corrected chi connectivity index (χ4v) is 5.05. The summed E-state index contributed by atoms with van der Waals surface area (Å²) in [6.45, 7) is 4.48. The van der Waals surface area contributed by atoms with Crippen molar-refractivity contribution in [3.05, 3.63) is 64.4 Å². The van der Waals surface area contributed by atoms with Gasteiger partial charge in [0.2, 0.25) is 11.7 Å². The second-order valence-corrected chi connectivity index (χ2v) is 8.36. The van der Waals surface area contributed by atoms with E-state index < -0.39 is 0 Å². The van der Waals surface area contributed by atoms with Gasteiger partial charge in [0.05, 0.1) is 16.7 Å². The molecule has 5 rings (SSSR count). The maximum atomic E-state index is 13.1. The van der Waals surface area contributed by atoms with Gasteiger partial charge in [0.25, 0.3) is 5.56 Å². The summed E-state index contributed by atoms with van der Waals surface area (Å²) in [6, 6.07) is 15.6. The molecular formula is C22H21N5O2S. The minimum atomic E-state index is -0.0804. The summed E-state index contributed by atoms with van der Waals surface area (Å²) in [5, 5.41) is 9.78. The highest BCUT2D eigenvalue weighted by Crippen LogP contribution is 2.33. The van der Waals surface area contributed by atoms with Gasteiger partial charge in [-0.25, -0.2) is 0 Å². The van der Waals surface area contributed by atoms with Crippen molar-refractivity contribution < 1.29 is 4.79 Å². The summed E-state index contributed by atoms with van der Waals surface area (Å²) >= 11 is 1.35. The summed E-state index contributed by atoms with van der Waals surface area (Å²) in [6.07, 6.45) is 0.869. The number of aryl methyl sites for hydroxylation is 1. The monoisotopic (exact) mass is 419 g/mol. The summed E-state index contributed by atoms with van der Waals surface area (Å²) in [4.78, 5) is 27.8. The number of anilines is 1. The van der Waals surface area contributed by atoms with E-state index in [-0.39, 0.29) is 23.3 Å². The van der Waals surface area contributed by atoms with Gasteiger partial charge in [-0.2, -0.15) is 0 Å². The van der Waals surface area contributed by atoms with Crippen molar-refractivity contribution in [1.82, 2.24) is 19.2 Å². The maximum Gasteiger partial charge on any atom is 0.262 e. The first-order chi connectivity index (χ1) is 14.6. The Hall–Kier alpha value is -3.13. The van der Waals surface area contributed by atoms with Gasteiger partial charge in [-0.15, -0.1) is 10.2 Å². The van der Waals surface area contributed by atoms with Crippen LogP contribution in [0.25, 0.3) is 16.7 Å². The molecule has 4 aromatic rings. The Labute approximate surface area is 177 Å². The van der Waals surface area contributed by atoms with E-state index in [1.165, 1.54) is 17.3 Å². The van der Waals surface area contributed by atoms with Crippen LogP contribution in [0.3, 0.4) is 0 Å². The Kier molecular flexibility index (Phi) is 4.58. The summed E-state index contributed by atoms with van der Waals surface area (Å²) < 4.78 is 3.49. The lowest BCUT2D eigenvalue weighted by Gasteiger charge is -2.22. The van der Waals surface area contributed by atoms with Gasteiger partial charge in [-0.3, -0.25) is 18.6 Å². The van der Waals surface area contributed by atoms with E-state index in [0.717, 1.165) is 17.6 Å². The van der Waals surface area contributed by atoms with Gasteiger partial charge < -0.3 is 4.90 Å². The van der Waals surface area contributed by atoms with Crippen LogP contribution in [0.2, 0.25) is 0 Å². The Bertz CT molecular complexity index is 1340. The highest BCUT2D eigenvalue weighted by Gasteiger charge is 2.30. The minimum Gasteiger partial charge on any atom is -0.308 e. The first-order valence-electron chi connectivity index (χ1n) is 9.99. The number of rotatable bonds is 4. The zero-order chi connectivity index (χ0) is 20.8. The molecule has 0 fully saturated rings. The van der Waals surface area contributed by atoms with Crippen molar-refractivity contribution in [2.45, 2.75) is 38.0 Å². The zero-order valence-corrected chi connectivity index (χ0v) is 17.6. The number of hydrogen-bond donors (Lipinski definition) is 0. The molecule has 152 valence electrons. The number of para-hydroxylation sites is 2. The molecule has 8 heteroatoms. The van der Waals surface area contributed by atoms with Crippen molar-refractivity contribution in [2.75, 3.05) is 10.7 Å². The number of fused-ring (bicyclic) bond motifs is 4. The molecule has 3 heterocycles. The largest absolute Gasteiger partial charge is 0.308 e. The molecule has 2 aromatic heterocycles. The van der Waals surface area contributed by atoms with Crippen LogP contribution in [0, 0.1) is 0 Å². The smallest absolute Gasteiger partial charge is 0.262 e. The van der Waals surface area contributed by atoms with E-state index in [4.69, 9.17) is 0 Å². The van der Waals surface area contributed by atoms with E-state index in [9.17, 15) is 9.59 Å². The molecule has 1 aliphatic heterocycles. The Morgan fingerprint density at radius 1 is 1.13 bits per heavy atom. The van der Waals surface area contributed by atoms with E-state index in [0.29, 0.717) is 22.9 Å². The molecule has 0 unspecified atom stereocenters. The predicted octanol–water partition coefficient (Wildman–Crippen LogP) is 3.13. The third kappa shape index (κ3) is 2.82. The second-order valence-electron chi connectivity index (χ2n) is 7.42. The number of nitrogens with zero attached hydrogens (tertiary/aromatic N) is 5.